The van der Waals surface area contributed by atoms with Crippen molar-refractivity contribution in [2.45, 2.75) is 25.4 Å². The molecule has 0 saturated carbocycles. The van der Waals surface area contributed by atoms with E-state index in [4.69, 9.17) is 18.0 Å². The zero-order valence-corrected chi connectivity index (χ0v) is 10.3. The summed E-state index contributed by atoms with van der Waals surface area (Å²) in [7, 11) is 0. The van der Waals surface area contributed by atoms with Gasteiger partial charge in [-0.1, -0.05) is 11.6 Å². The minimum atomic E-state index is -4.43. The maximum atomic E-state index is 12.4. The largest absolute Gasteiger partial charge is 0.417 e. The molecule has 1 rings (SSSR count). The standard InChI is InChI=1S/C12H12ClF3N2/c1-2-3-4-5-6-17-11-10(13)7-9(8-18-11)12(14,15)16/h1,7-8H,3-6H2,(H,17,18). The molecule has 2 nitrogen and oxygen atoms in total. The molecule has 98 valence electrons. The van der Waals surface area contributed by atoms with Crippen molar-refractivity contribution >= 4 is 17.4 Å². The number of pyridine rings is 1. The van der Waals surface area contributed by atoms with Crippen LogP contribution in [0.3, 0.4) is 0 Å². The Balaban J connectivity index is 2.56. The van der Waals surface area contributed by atoms with E-state index in [1.54, 1.807) is 0 Å². The molecule has 0 spiro atoms. The number of aromatic nitrogens is 1. The summed E-state index contributed by atoms with van der Waals surface area (Å²) >= 11 is 5.72. The van der Waals surface area contributed by atoms with Gasteiger partial charge in [0.2, 0.25) is 0 Å². The van der Waals surface area contributed by atoms with Gasteiger partial charge in [-0.2, -0.15) is 13.2 Å². The molecular formula is C12H12ClF3N2. The second-order valence-corrected chi connectivity index (χ2v) is 4.05. The molecule has 0 aliphatic rings. The van der Waals surface area contributed by atoms with E-state index >= 15 is 0 Å². The number of terminal acetylenes is 1. The lowest BCUT2D eigenvalue weighted by Gasteiger charge is -2.10. The van der Waals surface area contributed by atoms with Crippen LogP contribution in [-0.2, 0) is 6.18 Å². The highest BCUT2D eigenvalue weighted by molar-refractivity contribution is 6.32. The minimum Gasteiger partial charge on any atom is -0.369 e. The molecule has 0 bridgehead atoms. The smallest absolute Gasteiger partial charge is 0.369 e. The van der Waals surface area contributed by atoms with E-state index in [0.29, 0.717) is 13.0 Å². The van der Waals surface area contributed by atoms with Crippen molar-refractivity contribution in [3.05, 3.63) is 22.8 Å². The third-order valence-electron chi connectivity index (χ3n) is 2.21. The fourth-order valence-electron chi connectivity index (χ4n) is 1.28. The number of anilines is 1. The van der Waals surface area contributed by atoms with Gasteiger partial charge >= 0.3 is 6.18 Å². The first kappa shape index (κ1) is 14.7. The number of hydrogen-bond donors (Lipinski definition) is 1. The van der Waals surface area contributed by atoms with Crippen molar-refractivity contribution in [3.63, 3.8) is 0 Å². The lowest BCUT2D eigenvalue weighted by atomic mass is 10.2. The van der Waals surface area contributed by atoms with Gasteiger partial charge in [-0.05, 0) is 18.9 Å². The fourth-order valence-corrected chi connectivity index (χ4v) is 1.52. The second kappa shape index (κ2) is 6.50. The highest BCUT2D eigenvalue weighted by Crippen LogP contribution is 2.32. The third kappa shape index (κ3) is 4.46. The Morgan fingerprint density at radius 3 is 2.67 bits per heavy atom. The summed E-state index contributed by atoms with van der Waals surface area (Å²) in [6.07, 6.45) is 3.76. The van der Waals surface area contributed by atoms with Crippen molar-refractivity contribution in [2.24, 2.45) is 0 Å². The molecule has 0 radical (unpaired) electrons. The van der Waals surface area contributed by atoms with Crippen molar-refractivity contribution in [1.82, 2.24) is 4.98 Å². The second-order valence-electron chi connectivity index (χ2n) is 3.64. The topological polar surface area (TPSA) is 24.9 Å². The SMILES string of the molecule is C#CCCCCNc1ncc(C(F)(F)F)cc1Cl. The summed E-state index contributed by atoms with van der Waals surface area (Å²) in [6, 6.07) is 0.859. The van der Waals surface area contributed by atoms with Gasteiger partial charge in [0.15, 0.2) is 0 Å². The van der Waals surface area contributed by atoms with Gasteiger partial charge in [0, 0.05) is 19.2 Å². The van der Waals surface area contributed by atoms with Gasteiger partial charge < -0.3 is 5.32 Å². The Hall–Kier alpha value is -1.41. The summed E-state index contributed by atoms with van der Waals surface area (Å²) in [5.41, 5.74) is -0.856. The fraction of sp³-hybridized carbons (Fsp3) is 0.417. The van der Waals surface area contributed by atoms with E-state index in [9.17, 15) is 13.2 Å². The van der Waals surface area contributed by atoms with Gasteiger partial charge in [-0.15, -0.1) is 12.3 Å². The van der Waals surface area contributed by atoms with Crippen LogP contribution in [0.5, 0.6) is 0 Å². The molecular weight excluding hydrogens is 265 g/mol. The average molecular weight is 277 g/mol. The summed E-state index contributed by atoms with van der Waals surface area (Å²) < 4.78 is 37.1. The summed E-state index contributed by atoms with van der Waals surface area (Å²) in [5, 5.41) is 2.83. The van der Waals surface area contributed by atoms with Crippen LogP contribution < -0.4 is 5.32 Å². The number of alkyl halides is 3. The van der Waals surface area contributed by atoms with E-state index in [1.807, 2.05) is 0 Å². The number of halogens is 4. The van der Waals surface area contributed by atoms with E-state index in [2.05, 4.69) is 16.2 Å². The molecule has 0 atom stereocenters. The van der Waals surface area contributed by atoms with Crippen molar-refractivity contribution in [3.8, 4) is 12.3 Å². The maximum Gasteiger partial charge on any atom is 0.417 e. The number of rotatable bonds is 5. The molecule has 18 heavy (non-hydrogen) atoms. The van der Waals surface area contributed by atoms with Crippen LogP contribution in [-0.4, -0.2) is 11.5 Å². The Bertz CT molecular complexity index is 438. The van der Waals surface area contributed by atoms with E-state index in [1.165, 1.54) is 0 Å². The lowest BCUT2D eigenvalue weighted by Crippen LogP contribution is -2.08. The Morgan fingerprint density at radius 2 is 2.11 bits per heavy atom. The normalized spacial score (nSPS) is 11.1. The average Bonchev–Trinajstić information content (AvgIpc) is 2.29. The van der Waals surface area contributed by atoms with E-state index in [-0.39, 0.29) is 10.8 Å². The predicted octanol–water partition coefficient (Wildman–Crippen LogP) is 3.97. The van der Waals surface area contributed by atoms with Gasteiger partial charge in [0.05, 0.1) is 10.6 Å². The van der Waals surface area contributed by atoms with Crippen LogP contribution in [0.1, 0.15) is 24.8 Å². The Kier molecular flexibility index (Phi) is 5.29. The van der Waals surface area contributed by atoms with Gasteiger partial charge in [-0.25, -0.2) is 4.98 Å². The molecule has 0 amide bonds. The minimum absolute atomic E-state index is 0.0400. The quantitative estimate of drug-likeness (QED) is 0.650. The molecule has 0 fully saturated rings. The van der Waals surface area contributed by atoms with Crippen LogP contribution in [0.2, 0.25) is 5.02 Å². The van der Waals surface area contributed by atoms with Gasteiger partial charge in [-0.3, -0.25) is 0 Å². The zero-order chi connectivity index (χ0) is 13.6. The molecule has 0 aliphatic heterocycles. The van der Waals surface area contributed by atoms with E-state index < -0.39 is 11.7 Å². The molecule has 6 heteroatoms. The summed E-state index contributed by atoms with van der Waals surface area (Å²) in [5.74, 6) is 2.76. The van der Waals surface area contributed by atoms with Crippen LogP contribution in [0, 0.1) is 12.3 Å². The van der Waals surface area contributed by atoms with Crippen LogP contribution in [0.4, 0.5) is 19.0 Å². The van der Waals surface area contributed by atoms with Crippen molar-refractivity contribution in [1.29, 1.82) is 0 Å². The molecule has 0 unspecified atom stereocenters. The maximum absolute atomic E-state index is 12.4. The highest BCUT2D eigenvalue weighted by Gasteiger charge is 2.31. The van der Waals surface area contributed by atoms with Crippen LogP contribution >= 0.6 is 11.6 Å². The van der Waals surface area contributed by atoms with Crippen molar-refractivity contribution in [2.75, 3.05) is 11.9 Å². The molecule has 0 saturated heterocycles. The summed E-state index contributed by atoms with van der Waals surface area (Å²) in [4.78, 5) is 3.66. The Labute approximate surface area is 109 Å². The van der Waals surface area contributed by atoms with Crippen LogP contribution in [0.15, 0.2) is 12.3 Å². The lowest BCUT2D eigenvalue weighted by molar-refractivity contribution is -0.137. The molecule has 1 N–H and O–H groups in total. The number of hydrogen-bond acceptors (Lipinski definition) is 2. The molecule has 1 heterocycles. The van der Waals surface area contributed by atoms with Crippen LogP contribution in [0.25, 0.3) is 0 Å². The number of nitrogens with zero attached hydrogens (tertiary/aromatic N) is 1. The number of nitrogens with one attached hydrogen (secondary N) is 1. The molecule has 0 aromatic carbocycles. The summed E-state index contributed by atoms with van der Waals surface area (Å²) in [6.45, 7) is 0.569. The zero-order valence-electron chi connectivity index (χ0n) is 9.52. The number of unbranched alkanes of at least 4 members (excludes halogenated alkanes) is 2. The highest BCUT2D eigenvalue weighted by atomic mass is 35.5. The molecule has 0 aliphatic carbocycles. The first-order valence-corrected chi connectivity index (χ1v) is 5.73. The predicted molar refractivity (Wildman–Crippen MR) is 65.4 cm³/mol. The van der Waals surface area contributed by atoms with E-state index in [0.717, 1.165) is 25.1 Å². The van der Waals surface area contributed by atoms with Gasteiger partial charge in [0.25, 0.3) is 0 Å². The molecule has 1 aromatic rings. The molecule has 1 aromatic heterocycles. The Morgan fingerprint density at radius 1 is 1.39 bits per heavy atom. The first-order chi connectivity index (χ1) is 8.45. The third-order valence-corrected chi connectivity index (χ3v) is 2.50. The van der Waals surface area contributed by atoms with Gasteiger partial charge in [0.1, 0.15) is 5.82 Å². The monoisotopic (exact) mass is 276 g/mol. The van der Waals surface area contributed by atoms with Crippen molar-refractivity contribution < 1.29 is 13.2 Å². The first-order valence-electron chi connectivity index (χ1n) is 5.35.